The van der Waals surface area contributed by atoms with Crippen LogP contribution in [0.15, 0.2) is 54.6 Å². The molecule has 6 heteroatoms. The number of hydrogen-bond donors (Lipinski definition) is 1. The van der Waals surface area contributed by atoms with Crippen LogP contribution in [-0.4, -0.2) is 30.3 Å². The molecule has 3 heterocycles. The summed E-state index contributed by atoms with van der Waals surface area (Å²) in [6.07, 6.45) is 2.16. The van der Waals surface area contributed by atoms with Crippen molar-refractivity contribution in [2.45, 2.75) is 45.5 Å². The summed E-state index contributed by atoms with van der Waals surface area (Å²) in [5.74, 6) is 0.747. The molecule has 2 aromatic carbocycles. The van der Waals surface area contributed by atoms with Crippen LogP contribution in [0.25, 0.3) is 0 Å². The number of rotatable bonds is 5. The van der Waals surface area contributed by atoms with E-state index in [1.54, 1.807) is 7.11 Å². The Hall–Kier alpha value is -3.25. The lowest BCUT2D eigenvalue weighted by Gasteiger charge is -2.38. The number of aromatic nitrogens is 1. The van der Waals surface area contributed by atoms with Gasteiger partial charge in [-0.3, -0.25) is 9.69 Å². The van der Waals surface area contributed by atoms with Crippen LogP contribution in [0.1, 0.15) is 46.3 Å². The maximum Gasteiger partial charge on any atom is 0.262 e. The molecule has 1 aromatic heterocycles. The molecule has 0 bridgehead atoms. The second kappa shape index (κ2) is 8.36. The van der Waals surface area contributed by atoms with Crippen molar-refractivity contribution in [3.63, 3.8) is 0 Å². The summed E-state index contributed by atoms with van der Waals surface area (Å²) in [7, 11) is 1.64. The molecule has 1 N–H and O–H groups in total. The quantitative estimate of drug-likeness (QED) is 0.613. The van der Waals surface area contributed by atoms with Crippen LogP contribution in [0.2, 0.25) is 0 Å². The molecular weight excluding hydrogens is 402 g/mol. The summed E-state index contributed by atoms with van der Waals surface area (Å²) >= 11 is 0. The zero-order valence-corrected chi connectivity index (χ0v) is 18.8. The monoisotopic (exact) mass is 431 g/mol. The number of methoxy groups -OCH3 is 1. The molecule has 0 unspecified atom stereocenters. The molecule has 0 saturated carbocycles. The molecule has 1 saturated heterocycles. The van der Waals surface area contributed by atoms with Gasteiger partial charge in [-0.05, 0) is 69.2 Å². The SMILES string of the molecule is COc1ccc(N2C(=O)c3ccccc3N[C@@H]2c2cc(C)n(C[C@@H]3CCCO3)c2C)cc1. The molecule has 1 fully saturated rings. The number of benzene rings is 2. The van der Waals surface area contributed by atoms with Gasteiger partial charge >= 0.3 is 0 Å². The first-order valence-electron chi connectivity index (χ1n) is 11.2. The molecule has 0 aliphatic carbocycles. The number of carbonyl (C=O) groups is 1. The van der Waals surface area contributed by atoms with Crippen molar-refractivity contribution in [2.75, 3.05) is 23.9 Å². The lowest BCUT2D eigenvalue weighted by atomic mass is 10.0. The number of fused-ring (bicyclic) bond motifs is 1. The van der Waals surface area contributed by atoms with E-state index < -0.39 is 0 Å². The van der Waals surface area contributed by atoms with Gasteiger partial charge in [0.25, 0.3) is 5.91 Å². The average molecular weight is 432 g/mol. The summed E-state index contributed by atoms with van der Waals surface area (Å²) in [6.45, 7) is 5.95. The van der Waals surface area contributed by atoms with E-state index in [9.17, 15) is 4.79 Å². The molecule has 2 aliphatic heterocycles. The predicted molar refractivity (Wildman–Crippen MR) is 125 cm³/mol. The topological polar surface area (TPSA) is 55.7 Å². The van der Waals surface area contributed by atoms with Crippen LogP contribution in [0, 0.1) is 13.8 Å². The molecule has 0 spiro atoms. The Labute approximate surface area is 188 Å². The van der Waals surface area contributed by atoms with E-state index in [2.05, 4.69) is 29.8 Å². The lowest BCUT2D eigenvalue weighted by Crippen LogP contribution is -2.43. The Morgan fingerprint density at radius 3 is 2.62 bits per heavy atom. The number of aryl methyl sites for hydroxylation is 1. The summed E-state index contributed by atoms with van der Waals surface area (Å²) in [4.78, 5) is 15.5. The van der Waals surface area contributed by atoms with Gasteiger partial charge in [-0.25, -0.2) is 0 Å². The standard InChI is InChI=1S/C26H29N3O3/c1-17-15-23(18(2)28(17)16-21-7-6-14-32-21)25-27-24-9-5-4-8-22(24)26(30)29(25)19-10-12-20(31-3)13-11-19/h4-5,8-13,15,21,25,27H,6-7,14,16H2,1-3H3/t21-,25-/m0/s1. The number of hydrogen-bond acceptors (Lipinski definition) is 4. The highest BCUT2D eigenvalue weighted by atomic mass is 16.5. The van der Waals surface area contributed by atoms with Crippen molar-refractivity contribution in [1.29, 1.82) is 0 Å². The van der Waals surface area contributed by atoms with E-state index in [1.807, 2.05) is 53.4 Å². The fourth-order valence-corrected chi connectivity index (χ4v) is 4.86. The molecule has 1 amide bonds. The van der Waals surface area contributed by atoms with Gasteiger partial charge in [0.1, 0.15) is 11.9 Å². The second-order valence-electron chi connectivity index (χ2n) is 8.54. The summed E-state index contributed by atoms with van der Waals surface area (Å²) < 4.78 is 13.5. The smallest absolute Gasteiger partial charge is 0.262 e. The van der Waals surface area contributed by atoms with Crippen molar-refractivity contribution in [1.82, 2.24) is 4.57 Å². The third-order valence-electron chi connectivity index (χ3n) is 6.59. The number of amides is 1. The molecule has 2 aliphatic rings. The van der Waals surface area contributed by atoms with Crippen LogP contribution in [-0.2, 0) is 11.3 Å². The number of nitrogens with zero attached hydrogens (tertiary/aromatic N) is 2. The van der Waals surface area contributed by atoms with Crippen LogP contribution in [0.3, 0.4) is 0 Å². The normalized spacial score (nSPS) is 20.2. The van der Waals surface area contributed by atoms with E-state index in [-0.39, 0.29) is 18.2 Å². The van der Waals surface area contributed by atoms with E-state index in [0.717, 1.165) is 54.4 Å². The maximum atomic E-state index is 13.7. The highest BCUT2D eigenvalue weighted by Crippen LogP contribution is 2.39. The molecule has 6 nitrogen and oxygen atoms in total. The molecular formula is C26H29N3O3. The van der Waals surface area contributed by atoms with Crippen molar-refractivity contribution in [2.24, 2.45) is 0 Å². The Morgan fingerprint density at radius 2 is 1.91 bits per heavy atom. The predicted octanol–water partition coefficient (Wildman–Crippen LogP) is 5.06. The fourth-order valence-electron chi connectivity index (χ4n) is 4.86. The van der Waals surface area contributed by atoms with Crippen molar-refractivity contribution < 1.29 is 14.3 Å². The van der Waals surface area contributed by atoms with Gasteiger partial charge in [-0.2, -0.15) is 0 Å². The zero-order chi connectivity index (χ0) is 22.2. The highest BCUT2D eigenvalue weighted by molar-refractivity contribution is 6.12. The number of anilines is 2. The number of nitrogens with one attached hydrogen (secondary N) is 1. The number of para-hydroxylation sites is 1. The summed E-state index contributed by atoms with van der Waals surface area (Å²) in [5, 5.41) is 3.63. The van der Waals surface area contributed by atoms with Crippen LogP contribution >= 0.6 is 0 Å². The van der Waals surface area contributed by atoms with Gasteiger partial charge in [0.15, 0.2) is 0 Å². The van der Waals surface area contributed by atoms with Crippen molar-refractivity contribution in [3.8, 4) is 5.75 Å². The van der Waals surface area contributed by atoms with Crippen molar-refractivity contribution >= 4 is 17.3 Å². The van der Waals surface area contributed by atoms with Gasteiger partial charge in [0.05, 0.1) is 18.8 Å². The summed E-state index contributed by atoms with van der Waals surface area (Å²) in [6, 6.07) is 17.5. The zero-order valence-electron chi connectivity index (χ0n) is 18.8. The minimum absolute atomic E-state index is 0.0153. The third kappa shape index (κ3) is 3.54. The lowest BCUT2D eigenvalue weighted by molar-refractivity contribution is 0.0958. The van der Waals surface area contributed by atoms with E-state index in [0.29, 0.717) is 5.56 Å². The van der Waals surface area contributed by atoms with Gasteiger partial charge in [0.2, 0.25) is 0 Å². The maximum absolute atomic E-state index is 13.7. The molecule has 5 rings (SSSR count). The van der Waals surface area contributed by atoms with Crippen LogP contribution in [0.4, 0.5) is 11.4 Å². The van der Waals surface area contributed by atoms with Gasteiger partial charge in [-0.15, -0.1) is 0 Å². The fraction of sp³-hybridized carbons (Fsp3) is 0.346. The van der Waals surface area contributed by atoms with Gasteiger partial charge in [-0.1, -0.05) is 12.1 Å². The highest BCUT2D eigenvalue weighted by Gasteiger charge is 2.36. The molecule has 2 atom stereocenters. The van der Waals surface area contributed by atoms with Crippen LogP contribution < -0.4 is 15.0 Å². The first-order chi connectivity index (χ1) is 15.6. The van der Waals surface area contributed by atoms with Gasteiger partial charge in [0, 0.05) is 41.5 Å². The Balaban J connectivity index is 1.57. The molecule has 32 heavy (non-hydrogen) atoms. The van der Waals surface area contributed by atoms with E-state index >= 15 is 0 Å². The Kier molecular flexibility index (Phi) is 5.39. The first-order valence-corrected chi connectivity index (χ1v) is 11.2. The summed E-state index contributed by atoms with van der Waals surface area (Å²) in [5.41, 5.74) is 5.78. The minimum Gasteiger partial charge on any atom is -0.497 e. The van der Waals surface area contributed by atoms with Gasteiger partial charge < -0.3 is 19.4 Å². The van der Waals surface area contributed by atoms with E-state index in [4.69, 9.17) is 9.47 Å². The van der Waals surface area contributed by atoms with E-state index in [1.165, 1.54) is 5.69 Å². The minimum atomic E-state index is -0.310. The number of carbonyl (C=O) groups excluding carboxylic acids is 1. The Morgan fingerprint density at radius 1 is 1.12 bits per heavy atom. The number of ether oxygens (including phenoxy) is 2. The Bertz CT molecular complexity index is 1130. The second-order valence-corrected chi connectivity index (χ2v) is 8.54. The average Bonchev–Trinajstić information content (AvgIpc) is 3.43. The largest absolute Gasteiger partial charge is 0.497 e. The molecule has 0 radical (unpaired) electrons. The third-order valence-corrected chi connectivity index (χ3v) is 6.59. The first kappa shape index (κ1) is 20.6. The van der Waals surface area contributed by atoms with Crippen LogP contribution in [0.5, 0.6) is 5.75 Å². The molecule has 3 aromatic rings. The molecule has 166 valence electrons. The van der Waals surface area contributed by atoms with Crippen molar-refractivity contribution in [3.05, 3.63) is 77.1 Å².